The molecule has 0 radical (unpaired) electrons. The number of aryl methyl sites for hydroxylation is 1. The molecule has 2 N–H and O–H groups in total. The lowest BCUT2D eigenvalue weighted by atomic mass is 10.0. The second-order valence-electron chi connectivity index (χ2n) is 6.71. The minimum Gasteiger partial charge on any atom is -0.489 e. The summed E-state index contributed by atoms with van der Waals surface area (Å²) in [5.41, 5.74) is 8.15. The first-order valence-electron chi connectivity index (χ1n) is 8.84. The molecule has 29 heavy (non-hydrogen) atoms. The predicted octanol–water partition coefficient (Wildman–Crippen LogP) is 1.68. The average molecular weight is 393 g/mol. The zero-order valence-electron chi connectivity index (χ0n) is 15.2. The molecule has 3 aromatic rings. The highest BCUT2D eigenvalue weighted by Crippen LogP contribution is 2.41. The Morgan fingerprint density at radius 3 is 2.76 bits per heavy atom. The summed E-state index contributed by atoms with van der Waals surface area (Å²) in [6, 6.07) is 8.51. The number of fused-ring (bicyclic) bond motifs is 3. The Hall–Kier alpha value is -3.95. The Morgan fingerprint density at radius 2 is 2.07 bits per heavy atom. The van der Waals surface area contributed by atoms with E-state index in [0.29, 0.717) is 28.8 Å². The number of pyridine rings is 1. The lowest BCUT2D eigenvalue weighted by Crippen LogP contribution is -2.48. The zero-order valence-corrected chi connectivity index (χ0v) is 15.2. The number of carbonyl (C=O) groups excluding carboxylic acids is 2. The van der Waals surface area contributed by atoms with Crippen LogP contribution >= 0.6 is 0 Å². The minimum absolute atomic E-state index is 0.115. The maximum absolute atomic E-state index is 12.2. The summed E-state index contributed by atoms with van der Waals surface area (Å²) >= 11 is 0. The predicted molar refractivity (Wildman–Crippen MR) is 98.9 cm³/mol. The SMILES string of the molecule is Cc1nc(-c2ccc(-c3ccc4c(c3)OC[C@H]3[C@H](C(N)=O)OC(=O)N43)cn2)no1. The molecule has 146 valence electrons. The van der Waals surface area contributed by atoms with Crippen LogP contribution in [0.3, 0.4) is 0 Å². The number of primary amides is 1. The first kappa shape index (κ1) is 17.2. The quantitative estimate of drug-likeness (QED) is 0.710. The molecule has 4 heterocycles. The van der Waals surface area contributed by atoms with Gasteiger partial charge in [0.15, 0.2) is 0 Å². The number of hydrogen-bond donors (Lipinski definition) is 1. The average Bonchev–Trinajstić information content (AvgIpc) is 3.31. The smallest absolute Gasteiger partial charge is 0.415 e. The molecule has 0 unspecified atom stereocenters. The van der Waals surface area contributed by atoms with Gasteiger partial charge in [-0.05, 0) is 23.8 Å². The van der Waals surface area contributed by atoms with Crippen molar-refractivity contribution in [3.05, 3.63) is 42.4 Å². The van der Waals surface area contributed by atoms with Crippen molar-refractivity contribution in [3.63, 3.8) is 0 Å². The van der Waals surface area contributed by atoms with E-state index in [-0.39, 0.29) is 6.61 Å². The third-order valence-electron chi connectivity index (χ3n) is 4.87. The number of benzene rings is 1. The number of aromatic nitrogens is 3. The van der Waals surface area contributed by atoms with Crippen LogP contribution in [0.5, 0.6) is 5.75 Å². The molecule has 10 nitrogen and oxygen atoms in total. The van der Waals surface area contributed by atoms with Crippen LogP contribution < -0.4 is 15.4 Å². The molecule has 0 bridgehead atoms. The fourth-order valence-electron chi connectivity index (χ4n) is 3.49. The first-order chi connectivity index (χ1) is 14.0. The van der Waals surface area contributed by atoms with E-state index in [4.69, 9.17) is 19.7 Å². The van der Waals surface area contributed by atoms with Gasteiger partial charge >= 0.3 is 6.09 Å². The molecule has 0 aliphatic carbocycles. The van der Waals surface area contributed by atoms with E-state index in [1.165, 1.54) is 4.90 Å². The minimum atomic E-state index is -1.03. The van der Waals surface area contributed by atoms with Gasteiger partial charge in [-0.1, -0.05) is 17.3 Å². The highest BCUT2D eigenvalue weighted by atomic mass is 16.6. The number of hydrogen-bond acceptors (Lipinski definition) is 8. The monoisotopic (exact) mass is 393 g/mol. The lowest BCUT2D eigenvalue weighted by molar-refractivity contribution is -0.125. The molecule has 2 atom stereocenters. The Balaban J connectivity index is 1.45. The Morgan fingerprint density at radius 1 is 1.24 bits per heavy atom. The first-order valence-corrected chi connectivity index (χ1v) is 8.84. The standard InChI is InChI=1S/C19H15N5O5/c1-9-22-18(23-29-9)12-4-2-11(7-21-12)10-3-5-13-15(6-10)27-8-14-16(17(20)25)28-19(26)24(13)14/h2-7,14,16H,8H2,1H3,(H2,20,25)/t14-,16+/m0/s1. The van der Waals surface area contributed by atoms with E-state index < -0.39 is 24.1 Å². The van der Waals surface area contributed by atoms with Gasteiger partial charge in [-0.15, -0.1) is 0 Å². The molecule has 1 fully saturated rings. The van der Waals surface area contributed by atoms with Crippen LogP contribution in [0.2, 0.25) is 0 Å². The van der Waals surface area contributed by atoms with Gasteiger partial charge in [-0.25, -0.2) is 4.79 Å². The normalized spacial score (nSPS) is 19.9. The van der Waals surface area contributed by atoms with Crippen molar-refractivity contribution in [2.75, 3.05) is 11.5 Å². The Labute approximate surface area is 164 Å². The summed E-state index contributed by atoms with van der Waals surface area (Å²) in [4.78, 5) is 33.7. The summed E-state index contributed by atoms with van der Waals surface area (Å²) in [6.45, 7) is 1.83. The van der Waals surface area contributed by atoms with Gasteiger partial charge < -0.3 is 19.7 Å². The van der Waals surface area contributed by atoms with E-state index in [1.54, 1.807) is 25.3 Å². The van der Waals surface area contributed by atoms with Crippen LogP contribution in [0, 0.1) is 6.92 Å². The van der Waals surface area contributed by atoms with Crippen LogP contribution in [-0.2, 0) is 9.53 Å². The van der Waals surface area contributed by atoms with Crippen molar-refractivity contribution in [2.24, 2.45) is 5.73 Å². The van der Waals surface area contributed by atoms with Crippen molar-refractivity contribution in [1.29, 1.82) is 0 Å². The van der Waals surface area contributed by atoms with E-state index in [2.05, 4.69) is 15.1 Å². The van der Waals surface area contributed by atoms with Crippen molar-refractivity contribution < 1.29 is 23.6 Å². The topological polar surface area (TPSA) is 134 Å². The number of cyclic esters (lactones) is 1. The summed E-state index contributed by atoms with van der Waals surface area (Å²) in [6.07, 6.45) is 0.0557. The lowest BCUT2D eigenvalue weighted by Gasteiger charge is -2.30. The molecule has 0 spiro atoms. The van der Waals surface area contributed by atoms with Crippen LogP contribution in [0.25, 0.3) is 22.6 Å². The number of carbonyl (C=O) groups is 2. The summed E-state index contributed by atoms with van der Waals surface area (Å²) in [7, 11) is 0. The van der Waals surface area contributed by atoms with Gasteiger partial charge in [-0.2, -0.15) is 4.98 Å². The van der Waals surface area contributed by atoms with E-state index in [0.717, 1.165) is 11.1 Å². The number of anilines is 1. The fourth-order valence-corrected chi connectivity index (χ4v) is 3.49. The van der Waals surface area contributed by atoms with Crippen molar-refractivity contribution in [3.8, 4) is 28.4 Å². The number of nitrogens with zero attached hydrogens (tertiary/aromatic N) is 4. The van der Waals surface area contributed by atoms with Gasteiger partial charge in [0.25, 0.3) is 5.91 Å². The largest absolute Gasteiger partial charge is 0.489 e. The molecular weight excluding hydrogens is 378 g/mol. The molecule has 10 heteroatoms. The molecule has 1 saturated heterocycles. The van der Waals surface area contributed by atoms with Crippen molar-refractivity contribution in [1.82, 2.24) is 15.1 Å². The molecule has 5 rings (SSSR count). The van der Waals surface area contributed by atoms with Crippen molar-refractivity contribution >= 4 is 17.7 Å². The second kappa shape index (κ2) is 6.30. The van der Waals surface area contributed by atoms with Crippen LogP contribution in [0.15, 0.2) is 41.1 Å². The number of amides is 2. The van der Waals surface area contributed by atoms with E-state index in [9.17, 15) is 9.59 Å². The molecule has 2 aromatic heterocycles. The van der Waals surface area contributed by atoms with E-state index >= 15 is 0 Å². The second-order valence-corrected chi connectivity index (χ2v) is 6.71. The highest BCUT2D eigenvalue weighted by Gasteiger charge is 2.49. The molecular formula is C19H15N5O5. The molecule has 2 aliphatic heterocycles. The number of rotatable bonds is 3. The van der Waals surface area contributed by atoms with Gasteiger partial charge in [0.1, 0.15) is 24.1 Å². The molecule has 1 aromatic carbocycles. The summed E-state index contributed by atoms with van der Waals surface area (Å²) in [5.74, 6) is 0.705. The van der Waals surface area contributed by atoms with E-state index in [1.807, 2.05) is 18.2 Å². The molecule has 2 amide bonds. The Bertz CT molecular complexity index is 1130. The van der Waals surface area contributed by atoms with Crippen molar-refractivity contribution in [2.45, 2.75) is 19.1 Å². The zero-order chi connectivity index (χ0) is 20.1. The Kier molecular flexibility index (Phi) is 3.73. The third-order valence-corrected chi connectivity index (χ3v) is 4.87. The fraction of sp³-hybridized carbons (Fsp3) is 0.211. The van der Waals surface area contributed by atoms with Gasteiger partial charge in [0, 0.05) is 18.7 Å². The van der Waals surface area contributed by atoms with Crippen LogP contribution in [0.4, 0.5) is 10.5 Å². The molecule has 0 saturated carbocycles. The maximum Gasteiger partial charge on any atom is 0.415 e. The highest BCUT2D eigenvalue weighted by molar-refractivity contribution is 5.98. The maximum atomic E-state index is 12.2. The van der Waals surface area contributed by atoms with Crippen LogP contribution in [-0.4, -0.2) is 45.9 Å². The third kappa shape index (κ3) is 2.76. The van der Waals surface area contributed by atoms with Gasteiger partial charge in [-0.3, -0.25) is 14.7 Å². The van der Waals surface area contributed by atoms with Gasteiger partial charge in [0.2, 0.25) is 17.8 Å². The van der Waals surface area contributed by atoms with Gasteiger partial charge in [0.05, 0.1) is 5.69 Å². The number of ether oxygens (including phenoxy) is 2. The van der Waals surface area contributed by atoms with Crippen LogP contribution in [0.1, 0.15) is 5.89 Å². The summed E-state index contributed by atoms with van der Waals surface area (Å²) in [5, 5.41) is 3.85. The summed E-state index contributed by atoms with van der Waals surface area (Å²) < 4.78 is 15.9. The number of nitrogens with two attached hydrogens (primary N) is 1. The molecule has 2 aliphatic rings.